The Bertz CT molecular complexity index is 1020. The molecule has 3 fully saturated rings. The van der Waals surface area contributed by atoms with Gasteiger partial charge < -0.3 is 24.4 Å². The summed E-state index contributed by atoms with van der Waals surface area (Å²) in [5.41, 5.74) is 1.35. The van der Waals surface area contributed by atoms with Gasteiger partial charge in [0, 0.05) is 44.9 Å². The molecule has 0 aromatic carbocycles. The number of carbonyl (C=O) groups excluding carboxylic acids is 2. The number of nitrogens with one attached hydrogen (secondary N) is 1. The summed E-state index contributed by atoms with van der Waals surface area (Å²) in [5, 5.41) is 3.27. The van der Waals surface area contributed by atoms with Crippen LogP contribution in [-0.2, 0) is 23.8 Å². The van der Waals surface area contributed by atoms with Gasteiger partial charge in [-0.15, -0.1) is 0 Å². The van der Waals surface area contributed by atoms with Crippen molar-refractivity contribution >= 4 is 11.9 Å². The van der Waals surface area contributed by atoms with Crippen molar-refractivity contribution < 1.29 is 23.8 Å². The standard InChI is InChI=1S/C35H52N2O5/c1-4-28-22-31-24-30-12-10-11-29(40-30)21-26(2)15-16-27(3)33(42-35(39)25-32(23-28)41-31)13-8-6-5-7-9-14-34(38)37-19-17-36-18-20-37/h4-9,13,15-16,26-27,29-33,36H,10-12,14,17-25H2,1-3H3. The number of rotatable bonds is 5. The molecule has 1 N–H and O–H groups in total. The summed E-state index contributed by atoms with van der Waals surface area (Å²) >= 11 is 0. The van der Waals surface area contributed by atoms with Gasteiger partial charge in [0.05, 0.1) is 30.8 Å². The van der Waals surface area contributed by atoms with Gasteiger partial charge in [-0.3, -0.25) is 9.59 Å². The van der Waals surface area contributed by atoms with E-state index < -0.39 is 0 Å². The third kappa shape index (κ3) is 10.7. The molecule has 7 unspecified atom stereocenters. The van der Waals surface area contributed by atoms with E-state index in [-0.39, 0.29) is 54.7 Å². The number of hydrogen-bond acceptors (Lipinski definition) is 6. The molecule has 4 rings (SSSR count). The van der Waals surface area contributed by atoms with Crippen LogP contribution in [0.15, 0.2) is 60.3 Å². The normalized spacial score (nSPS) is 34.8. The second kappa shape index (κ2) is 17.0. The second-order valence-electron chi connectivity index (χ2n) is 12.4. The van der Waals surface area contributed by atoms with Crippen LogP contribution in [0.1, 0.15) is 78.6 Å². The Kier molecular flexibility index (Phi) is 13.1. The van der Waals surface area contributed by atoms with Gasteiger partial charge in [0.25, 0.3) is 0 Å². The highest BCUT2D eigenvalue weighted by Crippen LogP contribution is 2.33. The van der Waals surface area contributed by atoms with E-state index in [0.717, 1.165) is 64.7 Å². The maximum absolute atomic E-state index is 13.2. The molecule has 0 aromatic rings. The number of amides is 1. The van der Waals surface area contributed by atoms with E-state index in [9.17, 15) is 9.59 Å². The van der Waals surface area contributed by atoms with E-state index in [1.54, 1.807) is 0 Å². The van der Waals surface area contributed by atoms with Gasteiger partial charge in [-0.2, -0.15) is 0 Å². The lowest BCUT2D eigenvalue weighted by atomic mass is 9.90. The smallest absolute Gasteiger partial charge is 0.309 e. The van der Waals surface area contributed by atoms with E-state index in [1.807, 2.05) is 41.4 Å². The van der Waals surface area contributed by atoms with Crippen molar-refractivity contribution in [3.05, 3.63) is 60.3 Å². The van der Waals surface area contributed by atoms with Crippen LogP contribution in [0.25, 0.3) is 0 Å². The molecule has 4 aliphatic heterocycles. The summed E-state index contributed by atoms with van der Waals surface area (Å²) in [6.45, 7) is 9.68. The molecule has 7 nitrogen and oxygen atoms in total. The van der Waals surface area contributed by atoms with Crippen molar-refractivity contribution in [2.45, 2.75) is 109 Å². The van der Waals surface area contributed by atoms with E-state index >= 15 is 0 Å². The number of hydrogen-bond donors (Lipinski definition) is 1. The molecule has 4 bridgehead atoms. The van der Waals surface area contributed by atoms with Gasteiger partial charge in [0.1, 0.15) is 6.10 Å². The molecule has 0 aliphatic carbocycles. The van der Waals surface area contributed by atoms with Gasteiger partial charge in [-0.1, -0.05) is 68.0 Å². The quantitative estimate of drug-likeness (QED) is 0.250. The number of allylic oxidation sites excluding steroid dienone is 6. The first-order valence-corrected chi connectivity index (χ1v) is 16.2. The largest absolute Gasteiger partial charge is 0.457 e. The highest BCUT2D eigenvalue weighted by Gasteiger charge is 2.32. The number of fused-ring (bicyclic) bond motifs is 4. The molecule has 4 aliphatic rings. The molecule has 42 heavy (non-hydrogen) atoms. The molecular formula is C35H52N2O5. The zero-order chi connectivity index (χ0) is 29.7. The van der Waals surface area contributed by atoms with E-state index in [0.29, 0.717) is 12.3 Å². The van der Waals surface area contributed by atoms with E-state index in [1.165, 1.54) is 12.0 Å². The number of nitrogens with zero attached hydrogens (tertiary/aromatic N) is 1. The molecule has 0 spiro atoms. The van der Waals surface area contributed by atoms with Gasteiger partial charge in [0.2, 0.25) is 5.91 Å². The third-order valence-corrected chi connectivity index (χ3v) is 8.83. The van der Waals surface area contributed by atoms with Gasteiger partial charge >= 0.3 is 5.97 Å². The van der Waals surface area contributed by atoms with Gasteiger partial charge in [-0.25, -0.2) is 0 Å². The molecule has 232 valence electrons. The predicted molar refractivity (Wildman–Crippen MR) is 167 cm³/mol. The van der Waals surface area contributed by atoms with Crippen molar-refractivity contribution in [2.24, 2.45) is 11.8 Å². The summed E-state index contributed by atoms with van der Waals surface area (Å²) in [4.78, 5) is 27.4. The lowest BCUT2D eigenvalue weighted by Gasteiger charge is -2.37. The molecule has 7 atom stereocenters. The molecule has 3 saturated heterocycles. The summed E-state index contributed by atoms with van der Waals surface area (Å²) in [6.07, 6.45) is 25.8. The molecule has 7 heteroatoms. The number of cyclic esters (lactones) is 1. The highest BCUT2D eigenvalue weighted by atomic mass is 16.5. The summed E-state index contributed by atoms with van der Waals surface area (Å²) in [5.74, 6) is 0.334. The maximum atomic E-state index is 13.2. The zero-order valence-electron chi connectivity index (χ0n) is 25.9. The molecule has 0 radical (unpaired) electrons. The first kappa shape index (κ1) is 32.4. The van der Waals surface area contributed by atoms with Crippen LogP contribution in [0, 0.1) is 11.8 Å². The van der Waals surface area contributed by atoms with Crippen LogP contribution < -0.4 is 5.32 Å². The summed E-state index contributed by atoms with van der Waals surface area (Å²) in [6, 6.07) is 0. The van der Waals surface area contributed by atoms with Crippen molar-refractivity contribution in [2.75, 3.05) is 26.2 Å². The number of ether oxygens (including phenoxy) is 3. The minimum atomic E-state index is -0.382. The Hall–Kier alpha value is -2.48. The number of carbonyl (C=O) groups is 2. The van der Waals surface area contributed by atoms with Crippen LogP contribution in [-0.4, -0.2) is 73.5 Å². The second-order valence-corrected chi connectivity index (χ2v) is 12.4. The average Bonchev–Trinajstić information content (AvgIpc) is 2.98. The third-order valence-electron chi connectivity index (χ3n) is 8.83. The topological polar surface area (TPSA) is 77.1 Å². The molecule has 0 aromatic heterocycles. The molecule has 1 amide bonds. The Morgan fingerprint density at radius 1 is 0.929 bits per heavy atom. The van der Waals surface area contributed by atoms with Gasteiger partial charge in [0.15, 0.2) is 0 Å². The number of piperazine rings is 1. The van der Waals surface area contributed by atoms with Crippen LogP contribution in [0.3, 0.4) is 0 Å². The maximum Gasteiger partial charge on any atom is 0.309 e. The Morgan fingerprint density at radius 3 is 2.43 bits per heavy atom. The Morgan fingerprint density at radius 2 is 1.64 bits per heavy atom. The lowest BCUT2D eigenvalue weighted by molar-refractivity contribution is -0.154. The van der Waals surface area contributed by atoms with Crippen molar-refractivity contribution in [3.63, 3.8) is 0 Å². The predicted octanol–water partition coefficient (Wildman–Crippen LogP) is 5.83. The molecule has 0 saturated carbocycles. The van der Waals surface area contributed by atoms with Gasteiger partial charge in [-0.05, 0) is 57.4 Å². The SMILES string of the molecule is CC=C1CC2CC(=O)OC(C=CC=CC=CCC(=O)N3CCNCC3)C(C)C=CC(C)CC3CCCC(CC(C1)O2)O3. The average molecular weight is 581 g/mol. The van der Waals surface area contributed by atoms with Crippen LogP contribution in [0.5, 0.6) is 0 Å². The van der Waals surface area contributed by atoms with Crippen LogP contribution >= 0.6 is 0 Å². The minimum absolute atomic E-state index is 0.0206. The fourth-order valence-corrected chi connectivity index (χ4v) is 6.42. The molecular weight excluding hydrogens is 528 g/mol. The first-order chi connectivity index (χ1) is 20.4. The minimum Gasteiger partial charge on any atom is -0.457 e. The van der Waals surface area contributed by atoms with Crippen molar-refractivity contribution in [1.82, 2.24) is 10.2 Å². The highest BCUT2D eigenvalue weighted by molar-refractivity contribution is 5.77. The lowest BCUT2D eigenvalue weighted by Crippen LogP contribution is -2.46. The fourth-order valence-electron chi connectivity index (χ4n) is 6.42. The Labute approximate surface area is 253 Å². The summed E-state index contributed by atoms with van der Waals surface area (Å²) < 4.78 is 19.1. The van der Waals surface area contributed by atoms with Crippen molar-refractivity contribution in [3.8, 4) is 0 Å². The monoisotopic (exact) mass is 580 g/mol. The van der Waals surface area contributed by atoms with Crippen molar-refractivity contribution in [1.29, 1.82) is 0 Å². The molecule has 4 heterocycles. The number of esters is 1. The first-order valence-electron chi connectivity index (χ1n) is 16.2. The zero-order valence-corrected chi connectivity index (χ0v) is 25.9. The van der Waals surface area contributed by atoms with E-state index in [4.69, 9.17) is 14.2 Å². The Balaban J connectivity index is 1.40. The van der Waals surface area contributed by atoms with E-state index in [2.05, 4.69) is 44.3 Å². The van der Waals surface area contributed by atoms with Crippen LogP contribution in [0.2, 0.25) is 0 Å². The fraction of sp³-hybridized carbons (Fsp3) is 0.657. The summed E-state index contributed by atoms with van der Waals surface area (Å²) in [7, 11) is 0. The van der Waals surface area contributed by atoms with Crippen LogP contribution in [0.4, 0.5) is 0 Å².